The molecule has 1 aliphatic heterocycles. The zero-order valence-electron chi connectivity index (χ0n) is 14.5. The Morgan fingerprint density at radius 1 is 1.19 bits per heavy atom. The molecule has 0 radical (unpaired) electrons. The largest absolute Gasteiger partial charge is 0.340 e. The summed E-state index contributed by atoms with van der Waals surface area (Å²) in [4.78, 5) is 14.2. The molecule has 0 aliphatic carbocycles. The third-order valence-electron chi connectivity index (χ3n) is 4.60. The zero-order valence-corrected chi connectivity index (χ0v) is 16.8. The molecule has 3 rings (SSSR count). The molecule has 0 saturated carbocycles. The van der Waals surface area contributed by atoms with E-state index in [1.54, 1.807) is 27.8 Å². The van der Waals surface area contributed by atoms with E-state index in [4.69, 9.17) is 23.2 Å². The summed E-state index contributed by atoms with van der Waals surface area (Å²) < 4.78 is 24.8. The number of carbonyl (C=O) groups excluding carboxylic acids is 1. The third kappa shape index (κ3) is 3.89. The summed E-state index contributed by atoms with van der Waals surface area (Å²) in [5, 5.41) is 5.53. The van der Waals surface area contributed by atoms with Crippen LogP contribution < -0.4 is 0 Å². The van der Waals surface area contributed by atoms with Gasteiger partial charge in [-0.2, -0.15) is 5.10 Å². The molecule has 2 heterocycles. The number of rotatable bonds is 3. The molecular formula is C17H19Cl2N3O3S. The molecule has 1 aromatic heterocycles. The van der Waals surface area contributed by atoms with E-state index in [1.807, 2.05) is 13.8 Å². The minimum Gasteiger partial charge on any atom is -0.340 e. The van der Waals surface area contributed by atoms with E-state index in [2.05, 4.69) is 5.10 Å². The second kappa shape index (κ2) is 7.21. The van der Waals surface area contributed by atoms with E-state index in [1.165, 1.54) is 0 Å². The van der Waals surface area contributed by atoms with Crippen molar-refractivity contribution in [1.82, 2.24) is 14.7 Å². The number of hydrogen-bond donors (Lipinski definition) is 0. The van der Waals surface area contributed by atoms with Crippen molar-refractivity contribution in [3.05, 3.63) is 45.2 Å². The van der Waals surface area contributed by atoms with Crippen LogP contribution in [0.3, 0.4) is 0 Å². The van der Waals surface area contributed by atoms with Crippen LogP contribution in [0.15, 0.2) is 18.2 Å². The Morgan fingerprint density at radius 2 is 1.85 bits per heavy atom. The fourth-order valence-electron chi connectivity index (χ4n) is 3.04. The second-order valence-electron chi connectivity index (χ2n) is 6.37. The van der Waals surface area contributed by atoms with Crippen LogP contribution in [0.1, 0.15) is 17.0 Å². The summed E-state index contributed by atoms with van der Waals surface area (Å²) in [7, 11) is -3.01. The number of nitrogens with zero attached hydrogens (tertiary/aromatic N) is 3. The van der Waals surface area contributed by atoms with Gasteiger partial charge >= 0.3 is 0 Å². The van der Waals surface area contributed by atoms with Gasteiger partial charge in [0, 0.05) is 29.4 Å². The smallest absolute Gasteiger partial charge is 0.227 e. The predicted octanol–water partition coefficient (Wildman–Crippen LogP) is 2.60. The van der Waals surface area contributed by atoms with Crippen LogP contribution in [0.25, 0.3) is 5.69 Å². The van der Waals surface area contributed by atoms with Gasteiger partial charge in [0.2, 0.25) is 5.91 Å². The number of aromatic nitrogens is 2. The molecule has 1 aromatic carbocycles. The molecule has 0 spiro atoms. The van der Waals surface area contributed by atoms with Crippen molar-refractivity contribution in [2.75, 3.05) is 24.6 Å². The van der Waals surface area contributed by atoms with Crippen LogP contribution in [-0.2, 0) is 21.1 Å². The van der Waals surface area contributed by atoms with E-state index >= 15 is 0 Å². The van der Waals surface area contributed by atoms with Crippen LogP contribution in [0.2, 0.25) is 10.0 Å². The van der Waals surface area contributed by atoms with Crippen LogP contribution in [0.5, 0.6) is 0 Å². The summed E-state index contributed by atoms with van der Waals surface area (Å²) >= 11 is 12.2. The number of halogens is 2. The summed E-state index contributed by atoms with van der Waals surface area (Å²) in [5.41, 5.74) is 3.09. The van der Waals surface area contributed by atoms with Gasteiger partial charge in [0.1, 0.15) is 0 Å². The van der Waals surface area contributed by atoms with Crippen molar-refractivity contribution < 1.29 is 13.2 Å². The SMILES string of the molecule is Cc1nn(-c2ccc(Cl)cc2Cl)c(C)c1CC(=O)N1CCS(=O)(=O)CC1. The normalized spacial score (nSPS) is 16.7. The molecule has 9 heteroatoms. The number of aryl methyl sites for hydroxylation is 1. The van der Waals surface area contributed by atoms with Crippen LogP contribution in [0.4, 0.5) is 0 Å². The predicted molar refractivity (Wildman–Crippen MR) is 102 cm³/mol. The lowest BCUT2D eigenvalue weighted by Crippen LogP contribution is -2.44. The Kier molecular flexibility index (Phi) is 5.33. The number of sulfone groups is 1. The van der Waals surface area contributed by atoms with Gasteiger partial charge in [-0.25, -0.2) is 13.1 Å². The maximum Gasteiger partial charge on any atom is 0.227 e. The van der Waals surface area contributed by atoms with E-state index in [0.717, 1.165) is 17.0 Å². The highest BCUT2D eigenvalue weighted by Gasteiger charge is 2.26. The van der Waals surface area contributed by atoms with Crippen LogP contribution >= 0.6 is 23.2 Å². The van der Waals surface area contributed by atoms with Crippen LogP contribution in [0, 0.1) is 13.8 Å². The van der Waals surface area contributed by atoms with E-state index in [-0.39, 0.29) is 36.9 Å². The fraction of sp³-hybridized carbons (Fsp3) is 0.412. The van der Waals surface area contributed by atoms with Crippen molar-refractivity contribution in [3.63, 3.8) is 0 Å². The van der Waals surface area contributed by atoms with Gasteiger partial charge in [0.25, 0.3) is 0 Å². The van der Waals surface area contributed by atoms with Gasteiger partial charge in [-0.1, -0.05) is 23.2 Å². The topological polar surface area (TPSA) is 72.3 Å². The molecule has 1 fully saturated rings. The Bertz CT molecular complexity index is 956. The summed E-state index contributed by atoms with van der Waals surface area (Å²) in [6, 6.07) is 5.16. The molecule has 0 atom stereocenters. The number of amides is 1. The maximum absolute atomic E-state index is 12.6. The first-order valence-electron chi connectivity index (χ1n) is 8.16. The summed E-state index contributed by atoms with van der Waals surface area (Å²) in [6.07, 6.45) is 0.183. The summed E-state index contributed by atoms with van der Waals surface area (Å²) in [5.74, 6) is -0.0416. The van der Waals surface area contributed by atoms with Crippen LogP contribution in [-0.4, -0.2) is 53.6 Å². The van der Waals surface area contributed by atoms with E-state index in [0.29, 0.717) is 15.7 Å². The van der Waals surface area contributed by atoms with Gasteiger partial charge in [-0.05, 0) is 32.0 Å². The first kappa shape index (κ1) is 19.2. The lowest BCUT2D eigenvalue weighted by molar-refractivity contribution is -0.130. The minimum atomic E-state index is -3.01. The lowest BCUT2D eigenvalue weighted by Gasteiger charge is -2.26. The average molecular weight is 416 g/mol. The average Bonchev–Trinajstić information content (AvgIpc) is 2.83. The number of benzene rings is 1. The van der Waals surface area contributed by atoms with Crippen molar-refractivity contribution in [1.29, 1.82) is 0 Å². The molecule has 1 aliphatic rings. The molecule has 140 valence electrons. The number of carbonyl (C=O) groups is 1. The maximum atomic E-state index is 12.6. The van der Waals surface area contributed by atoms with E-state index in [9.17, 15) is 13.2 Å². The molecule has 1 saturated heterocycles. The minimum absolute atomic E-state index is 0.0242. The second-order valence-corrected chi connectivity index (χ2v) is 9.51. The standard InChI is InChI=1S/C17H19Cl2N3O3S/c1-11-14(10-17(23)21-5-7-26(24,25)8-6-21)12(2)22(20-11)16-4-3-13(18)9-15(16)19/h3-4,9H,5-8,10H2,1-2H3. The molecule has 26 heavy (non-hydrogen) atoms. The number of hydrogen-bond acceptors (Lipinski definition) is 4. The first-order chi connectivity index (χ1) is 12.2. The highest BCUT2D eigenvalue weighted by atomic mass is 35.5. The molecule has 0 bridgehead atoms. The van der Waals surface area contributed by atoms with Gasteiger partial charge < -0.3 is 4.90 Å². The Labute approximate surface area is 162 Å². The van der Waals surface area contributed by atoms with Gasteiger partial charge in [-0.3, -0.25) is 4.79 Å². The Morgan fingerprint density at radius 3 is 2.46 bits per heavy atom. The molecule has 0 N–H and O–H groups in total. The highest BCUT2D eigenvalue weighted by Crippen LogP contribution is 2.27. The monoisotopic (exact) mass is 415 g/mol. The first-order valence-corrected chi connectivity index (χ1v) is 10.7. The third-order valence-corrected chi connectivity index (χ3v) is 6.75. The quantitative estimate of drug-likeness (QED) is 0.771. The van der Waals surface area contributed by atoms with Crippen molar-refractivity contribution in [3.8, 4) is 5.69 Å². The molecule has 6 nitrogen and oxygen atoms in total. The molecular weight excluding hydrogens is 397 g/mol. The van der Waals surface area contributed by atoms with Gasteiger partial charge in [0.05, 0.1) is 34.3 Å². The molecule has 0 unspecified atom stereocenters. The molecule has 2 aromatic rings. The highest BCUT2D eigenvalue weighted by molar-refractivity contribution is 7.91. The van der Waals surface area contributed by atoms with Crippen molar-refractivity contribution >= 4 is 38.9 Å². The van der Waals surface area contributed by atoms with E-state index < -0.39 is 9.84 Å². The van der Waals surface area contributed by atoms with Crippen molar-refractivity contribution in [2.45, 2.75) is 20.3 Å². The lowest BCUT2D eigenvalue weighted by atomic mass is 10.1. The fourth-order valence-corrected chi connectivity index (χ4v) is 4.73. The Hall–Kier alpha value is -1.57. The van der Waals surface area contributed by atoms with Gasteiger partial charge in [0.15, 0.2) is 9.84 Å². The molecule has 1 amide bonds. The summed E-state index contributed by atoms with van der Waals surface area (Å²) in [6.45, 7) is 4.22. The zero-order chi connectivity index (χ0) is 19.1. The van der Waals surface area contributed by atoms with Crippen molar-refractivity contribution in [2.24, 2.45) is 0 Å². The van der Waals surface area contributed by atoms with Gasteiger partial charge in [-0.15, -0.1) is 0 Å². The Balaban J connectivity index is 1.83.